The number of benzene rings is 2. The van der Waals surface area contributed by atoms with Crippen molar-refractivity contribution >= 4 is 17.6 Å². The number of hydrogen-bond donors (Lipinski definition) is 1. The standard InChI is InChI=1S/C28H30FN5O2/c1-19-9-10-23(15-25(19)29)28(36)33-13-11-32(12-14-33)18-26(35)31-27-24(16-30)20(2)21(3)34(27)17-22-7-5-4-6-8-22/h4-10,15H,11-14,17-18H2,1-3H3,(H,31,35). The molecule has 0 spiro atoms. The average molecular weight is 488 g/mol. The van der Waals surface area contributed by atoms with E-state index in [4.69, 9.17) is 0 Å². The number of nitriles is 1. The summed E-state index contributed by atoms with van der Waals surface area (Å²) in [5, 5.41) is 12.7. The van der Waals surface area contributed by atoms with Crippen LogP contribution in [-0.2, 0) is 11.3 Å². The van der Waals surface area contributed by atoms with Crippen molar-refractivity contribution in [1.82, 2.24) is 14.4 Å². The topological polar surface area (TPSA) is 81.4 Å². The van der Waals surface area contributed by atoms with Gasteiger partial charge in [-0.15, -0.1) is 0 Å². The van der Waals surface area contributed by atoms with Crippen molar-refractivity contribution in [2.75, 3.05) is 38.0 Å². The van der Waals surface area contributed by atoms with E-state index in [1.165, 1.54) is 6.07 Å². The Morgan fingerprint density at radius 3 is 2.36 bits per heavy atom. The highest BCUT2D eigenvalue weighted by molar-refractivity contribution is 5.95. The fourth-order valence-electron chi connectivity index (χ4n) is 4.49. The number of carbonyl (C=O) groups is 2. The molecule has 1 saturated heterocycles. The van der Waals surface area contributed by atoms with E-state index in [2.05, 4.69) is 11.4 Å². The molecule has 1 aliphatic rings. The van der Waals surface area contributed by atoms with Crippen molar-refractivity contribution in [1.29, 1.82) is 5.26 Å². The molecule has 0 saturated carbocycles. The Morgan fingerprint density at radius 1 is 1.03 bits per heavy atom. The van der Waals surface area contributed by atoms with Crippen molar-refractivity contribution < 1.29 is 14.0 Å². The SMILES string of the molecule is Cc1ccc(C(=O)N2CCN(CC(=O)Nc3c(C#N)c(C)c(C)n3Cc3ccccc3)CC2)cc1F. The minimum Gasteiger partial charge on any atom is -0.336 e. The summed E-state index contributed by atoms with van der Waals surface area (Å²) in [4.78, 5) is 29.4. The zero-order valence-corrected chi connectivity index (χ0v) is 20.8. The quantitative estimate of drug-likeness (QED) is 0.572. The smallest absolute Gasteiger partial charge is 0.254 e. The van der Waals surface area contributed by atoms with Crippen LogP contribution in [0.4, 0.5) is 10.2 Å². The van der Waals surface area contributed by atoms with Gasteiger partial charge in [-0.1, -0.05) is 36.4 Å². The molecular formula is C28H30FN5O2. The third kappa shape index (κ3) is 5.31. The molecule has 186 valence electrons. The summed E-state index contributed by atoms with van der Waals surface area (Å²) >= 11 is 0. The van der Waals surface area contributed by atoms with Gasteiger partial charge in [-0.25, -0.2) is 4.39 Å². The zero-order chi connectivity index (χ0) is 25.8. The van der Waals surface area contributed by atoms with E-state index in [1.54, 1.807) is 24.0 Å². The van der Waals surface area contributed by atoms with Gasteiger partial charge in [-0.05, 0) is 49.6 Å². The molecule has 0 atom stereocenters. The molecule has 2 aromatic carbocycles. The normalized spacial score (nSPS) is 13.9. The summed E-state index contributed by atoms with van der Waals surface area (Å²) in [6.45, 7) is 8.16. The minimum atomic E-state index is -0.393. The summed E-state index contributed by atoms with van der Waals surface area (Å²) in [6.07, 6.45) is 0. The second-order valence-electron chi connectivity index (χ2n) is 9.20. The van der Waals surface area contributed by atoms with E-state index >= 15 is 0 Å². The predicted octanol–water partition coefficient (Wildman–Crippen LogP) is 3.87. The number of rotatable bonds is 6. The number of anilines is 1. The van der Waals surface area contributed by atoms with Crippen molar-refractivity contribution in [2.45, 2.75) is 27.3 Å². The maximum atomic E-state index is 13.9. The Bertz CT molecular complexity index is 1320. The first-order chi connectivity index (χ1) is 17.3. The minimum absolute atomic E-state index is 0.153. The molecule has 1 aliphatic heterocycles. The Kier molecular flexibility index (Phi) is 7.51. The maximum Gasteiger partial charge on any atom is 0.254 e. The molecule has 8 heteroatoms. The van der Waals surface area contributed by atoms with Crippen LogP contribution in [0.3, 0.4) is 0 Å². The van der Waals surface area contributed by atoms with Gasteiger partial charge in [0.2, 0.25) is 5.91 Å². The fraction of sp³-hybridized carbons (Fsp3) is 0.321. The van der Waals surface area contributed by atoms with Gasteiger partial charge in [-0.3, -0.25) is 14.5 Å². The van der Waals surface area contributed by atoms with Gasteiger partial charge in [0.1, 0.15) is 17.7 Å². The first kappa shape index (κ1) is 25.1. The van der Waals surface area contributed by atoms with Crippen molar-refractivity contribution in [3.63, 3.8) is 0 Å². The number of carbonyl (C=O) groups excluding carboxylic acids is 2. The third-order valence-electron chi connectivity index (χ3n) is 6.83. The number of hydrogen-bond acceptors (Lipinski definition) is 4. The van der Waals surface area contributed by atoms with Gasteiger partial charge in [0.15, 0.2) is 0 Å². The number of nitrogens with one attached hydrogen (secondary N) is 1. The van der Waals surface area contributed by atoms with Gasteiger partial charge in [0.25, 0.3) is 5.91 Å². The van der Waals surface area contributed by atoms with Crippen LogP contribution in [0.15, 0.2) is 48.5 Å². The Morgan fingerprint density at radius 2 is 1.72 bits per heavy atom. The lowest BCUT2D eigenvalue weighted by Crippen LogP contribution is -2.50. The Balaban J connectivity index is 1.39. The molecular weight excluding hydrogens is 457 g/mol. The third-order valence-corrected chi connectivity index (χ3v) is 6.83. The number of halogens is 1. The molecule has 1 fully saturated rings. The zero-order valence-electron chi connectivity index (χ0n) is 20.8. The number of nitrogens with zero attached hydrogens (tertiary/aromatic N) is 4. The molecule has 0 bridgehead atoms. The molecule has 7 nitrogen and oxygen atoms in total. The lowest BCUT2D eigenvalue weighted by Gasteiger charge is -2.34. The van der Waals surface area contributed by atoms with Crippen LogP contribution in [-0.4, -0.2) is 58.9 Å². The molecule has 2 amide bonds. The van der Waals surface area contributed by atoms with Crippen LogP contribution in [0, 0.1) is 37.9 Å². The van der Waals surface area contributed by atoms with Crippen LogP contribution < -0.4 is 5.32 Å². The van der Waals surface area contributed by atoms with Crippen LogP contribution in [0.1, 0.15) is 38.3 Å². The van der Waals surface area contributed by atoms with E-state index in [0.717, 1.165) is 16.8 Å². The van der Waals surface area contributed by atoms with Crippen molar-refractivity contribution in [2.24, 2.45) is 0 Å². The second kappa shape index (κ2) is 10.8. The molecule has 0 unspecified atom stereocenters. The van der Waals surface area contributed by atoms with Gasteiger partial charge in [0.05, 0.1) is 12.1 Å². The monoisotopic (exact) mass is 487 g/mol. The molecule has 0 aliphatic carbocycles. The first-order valence-electron chi connectivity index (χ1n) is 12.0. The summed E-state index contributed by atoms with van der Waals surface area (Å²) in [5.74, 6) is -0.299. The highest BCUT2D eigenvalue weighted by atomic mass is 19.1. The highest BCUT2D eigenvalue weighted by Crippen LogP contribution is 2.27. The molecule has 4 rings (SSSR count). The summed E-state index contributed by atoms with van der Waals surface area (Å²) in [6, 6.07) is 16.7. The van der Waals surface area contributed by atoms with E-state index in [-0.39, 0.29) is 18.4 Å². The van der Waals surface area contributed by atoms with Crippen LogP contribution in [0.2, 0.25) is 0 Å². The molecule has 1 N–H and O–H groups in total. The predicted molar refractivity (Wildman–Crippen MR) is 136 cm³/mol. The number of aryl methyl sites for hydroxylation is 1. The Hall–Kier alpha value is -3.96. The number of amides is 2. The lowest BCUT2D eigenvalue weighted by atomic mass is 10.1. The number of piperazine rings is 1. The van der Waals surface area contributed by atoms with E-state index in [0.29, 0.717) is 55.2 Å². The molecule has 0 radical (unpaired) electrons. The van der Waals surface area contributed by atoms with Crippen molar-refractivity contribution in [3.8, 4) is 6.07 Å². The van der Waals surface area contributed by atoms with Gasteiger partial charge in [0, 0.05) is 44.0 Å². The van der Waals surface area contributed by atoms with Crippen LogP contribution in [0.5, 0.6) is 0 Å². The fourth-order valence-corrected chi connectivity index (χ4v) is 4.49. The van der Waals surface area contributed by atoms with Gasteiger partial charge in [-0.2, -0.15) is 5.26 Å². The van der Waals surface area contributed by atoms with Gasteiger partial charge < -0.3 is 14.8 Å². The van der Waals surface area contributed by atoms with Crippen LogP contribution >= 0.6 is 0 Å². The second-order valence-corrected chi connectivity index (χ2v) is 9.20. The van der Waals surface area contributed by atoms with Gasteiger partial charge >= 0.3 is 0 Å². The average Bonchev–Trinajstić information content (AvgIpc) is 3.09. The lowest BCUT2D eigenvalue weighted by molar-refractivity contribution is -0.117. The van der Waals surface area contributed by atoms with E-state index in [9.17, 15) is 19.2 Å². The summed E-state index contributed by atoms with van der Waals surface area (Å²) in [5.41, 5.74) is 4.16. The van der Waals surface area contributed by atoms with Crippen molar-refractivity contribution in [3.05, 3.63) is 87.9 Å². The Labute approximate surface area is 210 Å². The molecule has 1 aromatic heterocycles. The summed E-state index contributed by atoms with van der Waals surface area (Å²) in [7, 11) is 0. The number of aromatic nitrogens is 1. The maximum absolute atomic E-state index is 13.9. The largest absolute Gasteiger partial charge is 0.336 e. The first-order valence-corrected chi connectivity index (χ1v) is 12.0. The summed E-state index contributed by atoms with van der Waals surface area (Å²) < 4.78 is 15.8. The van der Waals surface area contributed by atoms with E-state index < -0.39 is 5.82 Å². The molecule has 2 heterocycles. The molecule has 3 aromatic rings. The molecule has 36 heavy (non-hydrogen) atoms. The van der Waals surface area contributed by atoms with Crippen LogP contribution in [0.25, 0.3) is 0 Å². The van der Waals surface area contributed by atoms with E-state index in [1.807, 2.05) is 53.6 Å². The highest BCUT2D eigenvalue weighted by Gasteiger charge is 2.25.